The van der Waals surface area contributed by atoms with E-state index in [1.807, 2.05) is 0 Å². The predicted molar refractivity (Wildman–Crippen MR) is 89.9 cm³/mol. The Labute approximate surface area is 146 Å². The molecule has 3 aromatic rings. The molecule has 0 saturated carbocycles. The van der Waals surface area contributed by atoms with Crippen LogP contribution in [0.15, 0.2) is 47.8 Å². The summed E-state index contributed by atoms with van der Waals surface area (Å²) in [5.74, 6) is 0.630. The highest BCUT2D eigenvalue weighted by molar-refractivity contribution is 7.13. The first-order chi connectivity index (χ1) is 12.2. The molecule has 2 aromatic carbocycles. The normalized spacial score (nSPS) is 12.7. The summed E-state index contributed by atoms with van der Waals surface area (Å²) in [6.45, 7) is 0.953. The molecule has 5 nitrogen and oxygen atoms in total. The quantitative estimate of drug-likeness (QED) is 0.525. The zero-order valence-electron chi connectivity index (χ0n) is 12.9. The fourth-order valence-electron chi connectivity index (χ4n) is 2.34. The van der Waals surface area contributed by atoms with Gasteiger partial charge < -0.3 is 14.2 Å². The maximum atomic E-state index is 13.0. The molecule has 0 N–H and O–H groups in total. The van der Waals surface area contributed by atoms with Crippen LogP contribution in [0, 0.1) is 5.82 Å². The number of hydrogen-bond donors (Lipinski definition) is 0. The second kappa shape index (κ2) is 6.52. The minimum absolute atomic E-state index is 0.194. The van der Waals surface area contributed by atoms with E-state index in [9.17, 15) is 9.18 Å². The second-order valence-corrected chi connectivity index (χ2v) is 6.10. The van der Waals surface area contributed by atoms with Crippen LogP contribution in [0.1, 0.15) is 10.5 Å². The standard InChI is InChI=1S/C18H12FNO4S/c19-12-3-1-11(2-4-12)17-20-14(10-25-17)18(21)24-13-5-6-15-16(9-13)23-8-7-22-15/h1-6,9-10H,7-8H2. The molecule has 2 heterocycles. The molecule has 0 fully saturated rings. The summed E-state index contributed by atoms with van der Waals surface area (Å²) < 4.78 is 29.2. The summed E-state index contributed by atoms with van der Waals surface area (Å²) in [5, 5.41) is 2.23. The molecule has 0 aliphatic carbocycles. The lowest BCUT2D eigenvalue weighted by atomic mass is 10.2. The number of rotatable bonds is 3. The van der Waals surface area contributed by atoms with Crippen LogP contribution in [0.2, 0.25) is 0 Å². The number of carbonyl (C=O) groups is 1. The van der Waals surface area contributed by atoms with Gasteiger partial charge >= 0.3 is 5.97 Å². The Bertz CT molecular complexity index is 923. The minimum atomic E-state index is -0.568. The molecular formula is C18H12FNO4S. The number of aromatic nitrogens is 1. The van der Waals surface area contributed by atoms with E-state index in [0.29, 0.717) is 35.5 Å². The lowest BCUT2D eigenvalue weighted by Crippen LogP contribution is -2.15. The zero-order valence-corrected chi connectivity index (χ0v) is 13.7. The van der Waals surface area contributed by atoms with Crippen molar-refractivity contribution in [3.05, 3.63) is 59.4 Å². The summed E-state index contributed by atoms with van der Waals surface area (Å²) in [7, 11) is 0. The SMILES string of the molecule is O=C(Oc1ccc2c(c1)OCCO2)c1csc(-c2ccc(F)cc2)n1. The van der Waals surface area contributed by atoms with Gasteiger partial charge in [-0.2, -0.15) is 0 Å². The lowest BCUT2D eigenvalue weighted by Gasteiger charge is -2.18. The first kappa shape index (κ1) is 15.6. The van der Waals surface area contributed by atoms with Gasteiger partial charge in [-0.15, -0.1) is 11.3 Å². The maximum absolute atomic E-state index is 13.0. The van der Waals surface area contributed by atoms with Crippen LogP contribution in [0.4, 0.5) is 4.39 Å². The molecule has 7 heteroatoms. The molecule has 0 radical (unpaired) electrons. The van der Waals surface area contributed by atoms with E-state index >= 15 is 0 Å². The van der Waals surface area contributed by atoms with E-state index in [4.69, 9.17) is 14.2 Å². The fraction of sp³-hybridized carbons (Fsp3) is 0.111. The number of esters is 1. The van der Waals surface area contributed by atoms with E-state index in [0.717, 1.165) is 5.56 Å². The molecule has 0 amide bonds. The van der Waals surface area contributed by atoms with Crippen LogP contribution in [0.25, 0.3) is 10.6 Å². The van der Waals surface area contributed by atoms with Crippen LogP contribution in [-0.4, -0.2) is 24.2 Å². The molecule has 0 spiro atoms. The Kier molecular flexibility index (Phi) is 4.07. The summed E-state index contributed by atoms with van der Waals surface area (Å²) in [6.07, 6.45) is 0. The van der Waals surface area contributed by atoms with Gasteiger partial charge in [0.15, 0.2) is 17.2 Å². The van der Waals surface area contributed by atoms with Crippen LogP contribution in [0.5, 0.6) is 17.2 Å². The van der Waals surface area contributed by atoms with E-state index in [-0.39, 0.29) is 11.5 Å². The number of benzene rings is 2. The molecule has 0 saturated heterocycles. The van der Waals surface area contributed by atoms with Crippen molar-refractivity contribution in [2.75, 3.05) is 13.2 Å². The smallest absolute Gasteiger partial charge is 0.363 e. The van der Waals surface area contributed by atoms with Gasteiger partial charge in [0.25, 0.3) is 0 Å². The maximum Gasteiger partial charge on any atom is 0.363 e. The number of thiazole rings is 1. The Morgan fingerprint density at radius 1 is 1.08 bits per heavy atom. The Morgan fingerprint density at radius 2 is 1.84 bits per heavy atom. The number of nitrogens with zero attached hydrogens (tertiary/aromatic N) is 1. The van der Waals surface area contributed by atoms with E-state index in [2.05, 4.69) is 4.98 Å². The highest BCUT2D eigenvalue weighted by Gasteiger charge is 2.17. The Balaban J connectivity index is 1.51. The first-order valence-corrected chi connectivity index (χ1v) is 8.40. The Morgan fingerprint density at radius 3 is 2.64 bits per heavy atom. The van der Waals surface area contributed by atoms with Gasteiger partial charge in [-0.1, -0.05) is 0 Å². The molecule has 1 aromatic heterocycles. The first-order valence-electron chi connectivity index (χ1n) is 7.52. The highest BCUT2D eigenvalue weighted by Crippen LogP contribution is 2.34. The van der Waals surface area contributed by atoms with Gasteiger partial charge in [0.1, 0.15) is 29.8 Å². The van der Waals surface area contributed by atoms with Crippen molar-refractivity contribution < 1.29 is 23.4 Å². The van der Waals surface area contributed by atoms with Crippen molar-refractivity contribution >= 4 is 17.3 Å². The van der Waals surface area contributed by atoms with Crippen molar-refractivity contribution in [2.45, 2.75) is 0 Å². The monoisotopic (exact) mass is 357 g/mol. The largest absolute Gasteiger partial charge is 0.486 e. The van der Waals surface area contributed by atoms with Crippen LogP contribution in [0.3, 0.4) is 0 Å². The summed E-state index contributed by atoms with van der Waals surface area (Å²) >= 11 is 1.29. The van der Waals surface area contributed by atoms with Gasteiger partial charge in [0.2, 0.25) is 0 Å². The summed E-state index contributed by atoms with van der Waals surface area (Å²) in [6, 6.07) is 10.9. The van der Waals surface area contributed by atoms with Gasteiger partial charge in [0, 0.05) is 17.0 Å². The van der Waals surface area contributed by atoms with Crippen molar-refractivity contribution in [3.63, 3.8) is 0 Å². The van der Waals surface area contributed by atoms with Crippen molar-refractivity contribution in [2.24, 2.45) is 0 Å². The zero-order chi connectivity index (χ0) is 17.2. The number of hydrogen-bond acceptors (Lipinski definition) is 6. The van der Waals surface area contributed by atoms with Crippen molar-refractivity contribution in [1.82, 2.24) is 4.98 Å². The summed E-state index contributed by atoms with van der Waals surface area (Å²) in [4.78, 5) is 16.5. The number of ether oxygens (including phenoxy) is 3. The third-order valence-corrected chi connectivity index (χ3v) is 4.42. The van der Waals surface area contributed by atoms with Crippen LogP contribution >= 0.6 is 11.3 Å². The van der Waals surface area contributed by atoms with Gasteiger partial charge in [-0.25, -0.2) is 14.2 Å². The molecule has 25 heavy (non-hydrogen) atoms. The summed E-state index contributed by atoms with van der Waals surface area (Å²) in [5.41, 5.74) is 0.934. The minimum Gasteiger partial charge on any atom is -0.486 e. The molecule has 1 aliphatic rings. The number of carbonyl (C=O) groups excluding carboxylic acids is 1. The predicted octanol–water partition coefficient (Wildman–Crippen LogP) is 3.94. The second-order valence-electron chi connectivity index (χ2n) is 5.24. The van der Waals surface area contributed by atoms with Crippen molar-refractivity contribution in [1.29, 1.82) is 0 Å². The average Bonchev–Trinajstić information content (AvgIpc) is 3.12. The van der Waals surface area contributed by atoms with E-state index in [1.54, 1.807) is 35.7 Å². The van der Waals surface area contributed by atoms with Gasteiger partial charge in [0.05, 0.1) is 0 Å². The average molecular weight is 357 g/mol. The fourth-order valence-corrected chi connectivity index (χ4v) is 3.13. The van der Waals surface area contributed by atoms with Crippen LogP contribution < -0.4 is 14.2 Å². The number of halogens is 1. The third kappa shape index (κ3) is 3.32. The third-order valence-electron chi connectivity index (χ3n) is 3.53. The molecular weight excluding hydrogens is 345 g/mol. The molecule has 1 aliphatic heterocycles. The molecule has 4 rings (SSSR count). The molecule has 0 bridgehead atoms. The Hall–Kier alpha value is -2.93. The van der Waals surface area contributed by atoms with Crippen molar-refractivity contribution in [3.8, 4) is 27.8 Å². The lowest BCUT2D eigenvalue weighted by molar-refractivity contribution is 0.0728. The van der Waals surface area contributed by atoms with Gasteiger partial charge in [-0.3, -0.25) is 0 Å². The van der Waals surface area contributed by atoms with E-state index < -0.39 is 5.97 Å². The van der Waals surface area contributed by atoms with E-state index in [1.165, 1.54) is 23.5 Å². The molecule has 0 unspecified atom stereocenters. The van der Waals surface area contributed by atoms with Crippen LogP contribution in [-0.2, 0) is 0 Å². The molecule has 126 valence electrons. The van der Waals surface area contributed by atoms with Gasteiger partial charge in [-0.05, 0) is 36.4 Å². The topological polar surface area (TPSA) is 57.7 Å². The number of fused-ring (bicyclic) bond motifs is 1. The highest BCUT2D eigenvalue weighted by atomic mass is 32.1. The molecule has 0 atom stereocenters.